The van der Waals surface area contributed by atoms with E-state index in [4.69, 9.17) is 0 Å². The summed E-state index contributed by atoms with van der Waals surface area (Å²) in [7, 11) is 5.85. The summed E-state index contributed by atoms with van der Waals surface area (Å²) in [5, 5.41) is 9.95. The van der Waals surface area contributed by atoms with Crippen molar-refractivity contribution < 1.29 is 0 Å². The highest BCUT2D eigenvalue weighted by molar-refractivity contribution is 14.0. The summed E-state index contributed by atoms with van der Waals surface area (Å²) in [5.41, 5.74) is 1.05. The molecule has 1 unspecified atom stereocenters. The average molecular weight is 466 g/mol. The zero-order chi connectivity index (χ0) is 16.7. The average Bonchev–Trinajstić information content (AvgIpc) is 3.04. The maximum atomic E-state index is 4.58. The second-order valence-electron chi connectivity index (χ2n) is 6.10. The van der Waals surface area contributed by atoms with E-state index in [1.54, 1.807) is 11.3 Å². The standard InChI is InChI=1S/C16H30N6S.HI/c1-5-22-9-7-6-8-14(22)11-19-15(17-2)18-10-13-12-23-16(20-13)21(3)4;/h12,14H,5-11H2,1-4H3,(H2,17,18,19);1H. The van der Waals surface area contributed by atoms with Crippen LogP contribution in [0.5, 0.6) is 0 Å². The first-order chi connectivity index (χ1) is 11.1. The number of likely N-dealkylation sites (tertiary alicyclic amines) is 1. The van der Waals surface area contributed by atoms with Gasteiger partial charge in [-0.05, 0) is 25.9 Å². The van der Waals surface area contributed by atoms with E-state index in [9.17, 15) is 0 Å². The van der Waals surface area contributed by atoms with Gasteiger partial charge in [0.25, 0.3) is 0 Å². The molecule has 0 bridgehead atoms. The third-order valence-electron chi connectivity index (χ3n) is 4.24. The Morgan fingerprint density at radius 1 is 1.42 bits per heavy atom. The summed E-state index contributed by atoms with van der Waals surface area (Å²) < 4.78 is 0. The van der Waals surface area contributed by atoms with Crippen LogP contribution in [0.2, 0.25) is 0 Å². The predicted octanol–water partition coefficient (Wildman–Crippen LogP) is 2.37. The minimum Gasteiger partial charge on any atom is -0.355 e. The van der Waals surface area contributed by atoms with Crippen LogP contribution in [0.3, 0.4) is 0 Å². The van der Waals surface area contributed by atoms with Crippen LogP contribution in [0.1, 0.15) is 31.9 Å². The molecule has 24 heavy (non-hydrogen) atoms. The van der Waals surface area contributed by atoms with Crippen LogP contribution in [0.25, 0.3) is 0 Å². The lowest BCUT2D eigenvalue weighted by molar-refractivity contribution is 0.157. The molecule has 2 N–H and O–H groups in total. The van der Waals surface area contributed by atoms with Crippen molar-refractivity contribution in [1.29, 1.82) is 0 Å². The fourth-order valence-corrected chi connectivity index (χ4v) is 3.66. The molecule has 2 heterocycles. The molecule has 2 rings (SSSR count). The van der Waals surface area contributed by atoms with Gasteiger partial charge in [-0.25, -0.2) is 4.98 Å². The number of halogens is 1. The highest BCUT2D eigenvalue weighted by Gasteiger charge is 2.20. The van der Waals surface area contributed by atoms with Crippen molar-refractivity contribution in [2.75, 3.05) is 45.7 Å². The van der Waals surface area contributed by atoms with E-state index in [1.165, 1.54) is 25.8 Å². The van der Waals surface area contributed by atoms with Crippen molar-refractivity contribution in [1.82, 2.24) is 20.5 Å². The Bertz CT molecular complexity index is 505. The van der Waals surface area contributed by atoms with Crippen LogP contribution in [-0.4, -0.2) is 62.7 Å². The summed E-state index contributed by atoms with van der Waals surface area (Å²) >= 11 is 1.66. The Balaban J connectivity index is 0.00000288. The molecule has 0 saturated carbocycles. The first-order valence-corrected chi connectivity index (χ1v) is 9.32. The predicted molar refractivity (Wildman–Crippen MR) is 115 cm³/mol. The molecule has 1 saturated heterocycles. The van der Waals surface area contributed by atoms with Gasteiger partial charge in [0.2, 0.25) is 0 Å². The molecular weight excluding hydrogens is 435 g/mol. The number of piperidine rings is 1. The fraction of sp³-hybridized carbons (Fsp3) is 0.750. The molecule has 0 aliphatic carbocycles. The minimum atomic E-state index is 0. The summed E-state index contributed by atoms with van der Waals surface area (Å²) in [6.07, 6.45) is 3.94. The summed E-state index contributed by atoms with van der Waals surface area (Å²) in [6, 6.07) is 0.618. The van der Waals surface area contributed by atoms with Gasteiger partial charge in [-0.3, -0.25) is 9.89 Å². The van der Waals surface area contributed by atoms with Crippen LogP contribution in [-0.2, 0) is 6.54 Å². The molecule has 138 valence electrons. The lowest BCUT2D eigenvalue weighted by Gasteiger charge is -2.35. The second-order valence-corrected chi connectivity index (χ2v) is 6.94. The number of anilines is 1. The number of likely N-dealkylation sites (N-methyl/N-ethyl adjacent to an activating group) is 1. The van der Waals surface area contributed by atoms with Gasteiger partial charge in [-0.15, -0.1) is 35.3 Å². The summed E-state index contributed by atoms with van der Waals surface area (Å²) in [6.45, 7) is 6.25. The van der Waals surface area contributed by atoms with E-state index in [0.717, 1.165) is 29.9 Å². The third-order valence-corrected chi connectivity index (χ3v) is 5.30. The van der Waals surface area contributed by atoms with Gasteiger partial charge in [0.05, 0.1) is 12.2 Å². The molecule has 1 aromatic rings. The van der Waals surface area contributed by atoms with Crippen molar-refractivity contribution in [3.05, 3.63) is 11.1 Å². The van der Waals surface area contributed by atoms with E-state index in [2.05, 4.69) is 37.8 Å². The highest BCUT2D eigenvalue weighted by Crippen LogP contribution is 2.18. The van der Waals surface area contributed by atoms with Gasteiger partial charge in [-0.2, -0.15) is 0 Å². The minimum absolute atomic E-state index is 0. The van der Waals surface area contributed by atoms with E-state index in [1.807, 2.05) is 26.0 Å². The van der Waals surface area contributed by atoms with Gasteiger partial charge >= 0.3 is 0 Å². The molecule has 0 radical (unpaired) electrons. The van der Waals surface area contributed by atoms with Gasteiger partial charge in [0.15, 0.2) is 11.1 Å². The van der Waals surface area contributed by atoms with E-state index >= 15 is 0 Å². The Morgan fingerprint density at radius 2 is 2.21 bits per heavy atom. The quantitative estimate of drug-likeness (QED) is 0.383. The number of nitrogens with one attached hydrogen (secondary N) is 2. The van der Waals surface area contributed by atoms with Gasteiger partial charge < -0.3 is 15.5 Å². The number of rotatable bonds is 6. The van der Waals surface area contributed by atoms with Crippen LogP contribution in [0.15, 0.2) is 10.4 Å². The van der Waals surface area contributed by atoms with Gasteiger partial charge in [0.1, 0.15) is 0 Å². The lowest BCUT2D eigenvalue weighted by Crippen LogP contribution is -2.48. The molecule has 8 heteroatoms. The number of thiazole rings is 1. The molecule has 1 aromatic heterocycles. The van der Waals surface area contributed by atoms with E-state index in [0.29, 0.717) is 12.6 Å². The smallest absolute Gasteiger partial charge is 0.191 e. The van der Waals surface area contributed by atoms with Gasteiger partial charge in [-0.1, -0.05) is 13.3 Å². The van der Waals surface area contributed by atoms with E-state index in [-0.39, 0.29) is 24.0 Å². The van der Waals surface area contributed by atoms with Crippen molar-refractivity contribution in [2.24, 2.45) is 4.99 Å². The lowest BCUT2D eigenvalue weighted by atomic mass is 10.0. The number of nitrogens with zero attached hydrogens (tertiary/aromatic N) is 4. The molecule has 0 aromatic carbocycles. The maximum absolute atomic E-state index is 4.58. The molecule has 1 aliphatic heterocycles. The first kappa shape index (κ1) is 21.4. The van der Waals surface area contributed by atoms with Crippen molar-refractivity contribution in [3.8, 4) is 0 Å². The van der Waals surface area contributed by atoms with Crippen molar-refractivity contribution in [2.45, 2.75) is 38.8 Å². The number of guanidine groups is 1. The summed E-state index contributed by atoms with van der Waals surface area (Å²) in [4.78, 5) is 13.5. The topological polar surface area (TPSA) is 55.8 Å². The third kappa shape index (κ3) is 6.36. The SMILES string of the molecule is CCN1CCCCC1CNC(=NC)NCc1csc(N(C)C)n1.I. The molecule has 1 fully saturated rings. The van der Waals surface area contributed by atoms with Crippen molar-refractivity contribution in [3.63, 3.8) is 0 Å². The Kier molecular flexibility index (Phi) is 9.91. The number of aliphatic imine (C=N–C) groups is 1. The zero-order valence-electron chi connectivity index (χ0n) is 15.2. The molecule has 0 amide bonds. The van der Waals surface area contributed by atoms with Crippen LogP contribution >= 0.6 is 35.3 Å². The fourth-order valence-electron chi connectivity index (χ4n) is 2.90. The van der Waals surface area contributed by atoms with Crippen LogP contribution in [0.4, 0.5) is 5.13 Å². The first-order valence-electron chi connectivity index (χ1n) is 8.44. The maximum Gasteiger partial charge on any atom is 0.191 e. The number of hydrogen-bond acceptors (Lipinski definition) is 5. The number of aromatic nitrogens is 1. The second kappa shape index (κ2) is 11.1. The Labute approximate surface area is 167 Å². The molecule has 6 nitrogen and oxygen atoms in total. The van der Waals surface area contributed by atoms with Gasteiger partial charge in [0, 0.05) is 39.1 Å². The molecule has 0 spiro atoms. The molecule has 1 aliphatic rings. The number of hydrogen-bond donors (Lipinski definition) is 2. The molecule has 1 atom stereocenters. The Hall–Kier alpha value is -0.610. The van der Waals surface area contributed by atoms with Crippen molar-refractivity contribution >= 4 is 46.4 Å². The largest absolute Gasteiger partial charge is 0.355 e. The zero-order valence-corrected chi connectivity index (χ0v) is 18.4. The van der Waals surface area contributed by atoms with Crippen LogP contribution < -0.4 is 15.5 Å². The molecular formula is C16H31IN6S. The van der Waals surface area contributed by atoms with E-state index < -0.39 is 0 Å². The summed E-state index contributed by atoms with van der Waals surface area (Å²) in [5.74, 6) is 0.853. The highest BCUT2D eigenvalue weighted by atomic mass is 127. The Morgan fingerprint density at radius 3 is 2.83 bits per heavy atom. The normalized spacial score (nSPS) is 18.8. The monoisotopic (exact) mass is 466 g/mol. The van der Waals surface area contributed by atoms with Crippen LogP contribution in [0, 0.1) is 0 Å².